The van der Waals surface area contributed by atoms with E-state index in [4.69, 9.17) is 10.2 Å². The van der Waals surface area contributed by atoms with Crippen LogP contribution in [0.3, 0.4) is 0 Å². The van der Waals surface area contributed by atoms with Crippen LogP contribution in [0.25, 0.3) is 0 Å². The Balaban J connectivity index is 4.62. The van der Waals surface area contributed by atoms with E-state index in [2.05, 4.69) is 0 Å². The summed E-state index contributed by atoms with van der Waals surface area (Å²) in [6.45, 7) is -0.613. The minimum absolute atomic E-state index is 0.661. The van der Waals surface area contributed by atoms with Crippen molar-refractivity contribution in [1.82, 2.24) is 4.72 Å². The fourth-order valence-electron chi connectivity index (χ4n) is 0.393. The fraction of sp³-hybridized carbons (Fsp3) is 0.800. The monoisotopic (exact) mass is 251 g/mol. The molecule has 0 rings (SSSR count). The number of hydrogen-bond donors (Lipinski definition) is 3. The number of carboxylic acid groups (broad SMARTS) is 1. The minimum atomic E-state index is -5.64. The molecular formula is C5H8F3NO5S. The molecular weight excluding hydrogens is 243 g/mol. The smallest absolute Gasteiger partial charge is 0.479 e. The number of halogens is 3. The Morgan fingerprint density at radius 1 is 1.40 bits per heavy atom. The summed E-state index contributed by atoms with van der Waals surface area (Å²) in [6, 6.07) is 0. The molecule has 0 aliphatic carbocycles. The van der Waals surface area contributed by atoms with Crippen LogP contribution >= 0.6 is 0 Å². The zero-order valence-electron chi connectivity index (χ0n) is 7.37. The van der Waals surface area contributed by atoms with Gasteiger partial charge in [-0.1, -0.05) is 0 Å². The summed E-state index contributed by atoms with van der Waals surface area (Å²) in [5, 5.41) is 17.2. The first-order chi connectivity index (χ1) is 6.40. The maximum atomic E-state index is 11.7. The normalized spacial score (nSPS) is 17.1. The van der Waals surface area contributed by atoms with Crippen molar-refractivity contribution in [2.45, 2.75) is 18.0 Å². The molecule has 0 aliphatic rings. The molecule has 0 spiro atoms. The van der Waals surface area contributed by atoms with E-state index in [-0.39, 0.29) is 0 Å². The van der Waals surface area contributed by atoms with Crippen LogP contribution < -0.4 is 4.72 Å². The molecule has 90 valence electrons. The van der Waals surface area contributed by atoms with E-state index in [0.717, 1.165) is 4.72 Å². The van der Waals surface area contributed by atoms with Gasteiger partial charge in [0.25, 0.3) is 0 Å². The van der Waals surface area contributed by atoms with Crippen LogP contribution in [0.15, 0.2) is 0 Å². The van der Waals surface area contributed by atoms with E-state index in [9.17, 15) is 26.4 Å². The molecule has 0 bridgehead atoms. The van der Waals surface area contributed by atoms with Crippen molar-refractivity contribution in [2.24, 2.45) is 0 Å². The second-order valence-electron chi connectivity index (χ2n) is 2.85. The van der Waals surface area contributed by atoms with E-state index in [1.807, 2.05) is 0 Å². The molecule has 0 amide bonds. The average Bonchev–Trinajstić information content (AvgIpc) is 1.99. The quantitative estimate of drug-likeness (QED) is 0.610. The number of hydrogen-bond acceptors (Lipinski definition) is 4. The lowest BCUT2D eigenvalue weighted by molar-refractivity contribution is -0.155. The highest BCUT2D eigenvalue weighted by Gasteiger charge is 2.47. The average molecular weight is 251 g/mol. The third-order valence-corrected chi connectivity index (χ3v) is 2.51. The fourth-order valence-corrected chi connectivity index (χ4v) is 1.03. The summed E-state index contributed by atoms with van der Waals surface area (Å²) < 4.78 is 56.9. The number of rotatable bonds is 4. The molecule has 0 fully saturated rings. The first-order valence-electron chi connectivity index (χ1n) is 3.42. The second-order valence-corrected chi connectivity index (χ2v) is 4.61. The molecule has 0 radical (unpaired) electrons. The number of carboxylic acids is 1. The van der Waals surface area contributed by atoms with E-state index < -0.39 is 33.6 Å². The predicted molar refractivity (Wildman–Crippen MR) is 41.2 cm³/mol. The molecule has 10 heteroatoms. The molecule has 0 aliphatic heterocycles. The molecule has 0 saturated carbocycles. The van der Waals surface area contributed by atoms with Crippen molar-refractivity contribution in [3.8, 4) is 0 Å². The van der Waals surface area contributed by atoms with Crippen LogP contribution in [0.5, 0.6) is 0 Å². The van der Waals surface area contributed by atoms with Crippen molar-refractivity contribution in [1.29, 1.82) is 0 Å². The van der Waals surface area contributed by atoms with Crippen molar-refractivity contribution in [3.05, 3.63) is 0 Å². The first-order valence-corrected chi connectivity index (χ1v) is 4.90. The molecule has 0 aromatic rings. The molecule has 15 heavy (non-hydrogen) atoms. The van der Waals surface area contributed by atoms with Gasteiger partial charge in [-0.05, 0) is 6.92 Å². The highest BCUT2D eigenvalue weighted by Crippen LogP contribution is 2.21. The van der Waals surface area contributed by atoms with Gasteiger partial charge in [0.1, 0.15) is 0 Å². The summed E-state index contributed by atoms with van der Waals surface area (Å²) in [5.41, 5.74) is -8.14. The third kappa shape index (κ3) is 3.64. The Labute approximate surface area is 82.8 Å². The number of aliphatic hydroxyl groups is 1. The Hall–Kier alpha value is -0.870. The van der Waals surface area contributed by atoms with Crippen LogP contribution in [0, 0.1) is 0 Å². The second kappa shape index (κ2) is 3.94. The zero-order chi connectivity index (χ0) is 12.5. The molecule has 0 aromatic carbocycles. The number of aliphatic carboxylic acids is 1. The van der Waals surface area contributed by atoms with Gasteiger partial charge >= 0.3 is 21.5 Å². The highest BCUT2D eigenvalue weighted by molar-refractivity contribution is 7.90. The van der Waals surface area contributed by atoms with Gasteiger partial charge in [-0.3, -0.25) is 0 Å². The van der Waals surface area contributed by atoms with Crippen molar-refractivity contribution >= 4 is 16.0 Å². The lowest BCUT2D eigenvalue weighted by Gasteiger charge is -2.18. The van der Waals surface area contributed by atoms with Crippen LogP contribution in [-0.2, 0) is 14.8 Å². The van der Waals surface area contributed by atoms with Gasteiger partial charge < -0.3 is 10.2 Å². The van der Waals surface area contributed by atoms with Crippen molar-refractivity contribution in [2.75, 3.05) is 6.54 Å². The van der Waals surface area contributed by atoms with Gasteiger partial charge in [0, 0.05) is 0 Å². The molecule has 0 aromatic heterocycles. The standard InChI is InChI=1S/C5H8F3NO5S/c1-4(12,3(10)11)2-9-15(13,14)5(6,7)8/h9,12H,2H2,1H3,(H,10,11). The largest absolute Gasteiger partial charge is 0.511 e. The third-order valence-electron chi connectivity index (χ3n) is 1.37. The summed E-state index contributed by atoms with van der Waals surface area (Å²) in [4.78, 5) is 10.2. The van der Waals surface area contributed by atoms with Gasteiger partial charge in [-0.15, -0.1) is 0 Å². The number of nitrogens with one attached hydrogen (secondary N) is 1. The summed E-state index contributed by atoms with van der Waals surface area (Å²) in [7, 11) is -5.64. The molecule has 1 atom stereocenters. The van der Waals surface area contributed by atoms with Crippen molar-refractivity contribution in [3.63, 3.8) is 0 Å². The van der Waals surface area contributed by atoms with E-state index in [1.54, 1.807) is 0 Å². The molecule has 3 N–H and O–H groups in total. The van der Waals surface area contributed by atoms with Crippen LogP contribution in [0.1, 0.15) is 6.92 Å². The maximum Gasteiger partial charge on any atom is 0.511 e. The minimum Gasteiger partial charge on any atom is -0.479 e. The Morgan fingerprint density at radius 3 is 2.07 bits per heavy atom. The zero-order valence-corrected chi connectivity index (χ0v) is 8.18. The Bertz CT molecular complexity index is 346. The lowest BCUT2D eigenvalue weighted by Crippen LogP contribution is -2.49. The molecule has 1 unspecified atom stereocenters. The van der Waals surface area contributed by atoms with Crippen LogP contribution in [-0.4, -0.2) is 42.3 Å². The summed E-state index contributed by atoms with van der Waals surface area (Å²) >= 11 is 0. The van der Waals surface area contributed by atoms with Crippen LogP contribution in [0.2, 0.25) is 0 Å². The molecule has 6 nitrogen and oxygen atoms in total. The highest BCUT2D eigenvalue weighted by atomic mass is 32.2. The molecule has 0 saturated heterocycles. The van der Waals surface area contributed by atoms with E-state index in [0.29, 0.717) is 6.92 Å². The number of alkyl halides is 3. The van der Waals surface area contributed by atoms with Gasteiger partial charge in [0.2, 0.25) is 0 Å². The van der Waals surface area contributed by atoms with E-state index >= 15 is 0 Å². The number of sulfonamides is 1. The predicted octanol–water partition coefficient (Wildman–Crippen LogP) is -0.739. The Kier molecular flexibility index (Phi) is 3.72. The van der Waals surface area contributed by atoms with Crippen LogP contribution in [0.4, 0.5) is 13.2 Å². The molecule has 0 heterocycles. The maximum absolute atomic E-state index is 11.7. The van der Waals surface area contributed by atoms with E-state index in [1.165, 1.54) is 0 Å². The summed E-state index contributed by atoms with van der Waals surface area (Å²) in [5.74, 6) is -1.84. The van der Waals surface area contributed by atoms with Crippen molar-refractivity contribution < 1.29 is 36.6 Å². The van der Waals surface area contributed by atoms with Gasteiger partial charge in [0.15, 0.2) is 5.60 Å². The number of carbonyl (C=O) groups is 1. The van der Waals surface area contributed by atoms with Gasteiger partial charge in [-0.2, -0.15) is 13.2 Å². The Morgan fingerprint density at radius 2 is 1.80 bits per heavy atom. The summed E-state index contributed by atoms with van der Waals surface area (Å²) in [6.07, 6.45) is 0. The topological polar surface area (TPSA) is 104 Å². The SMILES string of the molecule is CC(O)(CNS(=O)(=O)C(F)(F)F)C(=O)O. The van der Waals surface area contributed by atoms with Gasteiger partial charge in [-0.25, -0.2) is 17.9 Å². The lowest BCUT2D eigenvalue weighted by atomic mass is 10.1. The van der Waals surface area contributed by atoms with Gasteiger partial charge in [0.05, 0.1) is 6.54 Å². The first kappa shape index (κ1) is 14.1.